The Morgan fingerprint density at radius 1 is 1.00 bits per heavy atom. The minimum atomic E-state index is -3.95. The van der Waals surface area contributed by atoms with E-state index >= 15 is 0 Å². The van der Waals surface area contributed by atoms with Crippen molar-refractivity contribution < 1.29 is 27.9 Å². The summed E-state index contributed by atoms with van der Waals surface area (Å²) in [6, 6.07) is 19.8. The molecule has 0 spiro atoms. The number of carbonyl (C=O) groups excluding carboxylic acids is 2. The Morgan fingerprint density at radius 2 is 1.73 bits per heavy atom. The largest absolute Gasteiger partial charge is 0.507 e. The van der Waals surface area contributed by atoms with Crippen molar-refractivity contribution in [3.63, 3.8) is 0 Å². The molecule has 0 saturated heterocycles. The number of phenols is 1. The predicted octanol–water partition coefficient (Wildman–Crippen LogP) is 2.62. The number of ether oxygens (including phenoxy) is 1. The number of benzene rings is 3. The van der Waals surface area contributed by atoms with Crippen LogP contribution in [0.3, 0.4) is 0 Å². The number of esters is 1. The van der Waals surface area contributed by atoms with Gasteiger partial charge in [0.15, 0.2) is 6.61 Å². The van der Waals surface area contributed by atoms with Gasteiger partial charge in [-0.1, -0.05) is 48.5 Å². The Balaban J connectivity index is 1.43. The summed E-state index contributed by atoms with van der Waals surface area (Å²) >= 11 is 0. The van der Waals surface area contributed by atoms with Crippen LogP contribution in [0.2, 0.25) is 0 Å². The number of rotatable bonds is 7. The first kappa shape index (κ1) is 22.5. The molecule has 1 heterocycles. The number of carbonyl (C=O) groups is 2. The summed E-state index contributed by atoms with van der Waals surface area (Å²) in [5, 5.41) is 10.1. The summed E-state index contributed by atoms with van der Waals surface area (Å²) in [4.78, 5) is 26.4. The molecule has 0 bridgehead atoms. The topological polar surface area (TPSA) is 113 Å². The maximum absolute atomic E-state index is 12.6. The Labute approximate surface area is 191 Å². The molecule has 0 unspecified atom stereocenters. The number of aromatic hydroxyl groups is 1. The number of para-hydroxylation sites is 1. The van der Waals surface area contributed by atoms with Gasteiger partial charge in [-0.3, -0.25) is 4.79 Å². The molecular formula is C24H22N2O6S. The highest BCUT2D eigenvalue weighted by Crippen LogP contribution is 2.28. The van der Waals surface area contributed by atoms with Crippen molar-refractivity contribution in [1.82, 2.24) is 4.72 Å². The number of amides is 1. The third-order valence-corrected chi connectivity index (χ3v) is 6.72. The fourth-order valence-electron chi connectivity index (χ4n) is 3.58. The summed E-state index contributed by atoms with van der Waals surface area (Å²) in [5.74, 6) is -1.84. The van der Waals surface area contributed by atoms with E-state index < -0.39 is 34.3 Å². The van der Waals surface area contributed by atoms with Crippen LogP contribution in [0.4, 0.5) is 5.69 Å². The maximum atomic E-state index is 12.6. The molecule has 170 valence electrons. The zero-order chi connectivity index (χ0) is 23.4. The van der Waals surface area contributed by atoms with Gasteiger partial charge in [-0.2, -0.15) is 0 Å². The van der Waals surface area contributed by atoms with Crippen LogP contribution < -0.4 is 9.62 Å². The van der Waals surface area contributed by atoms with Gasteiger partial charge in [0.2, 0.25) is 10.0 Å². The monoisotopic (exact) mass is 466 g/mol. The fraction of sp³-hybridized carbons (Fsp3) is 0.167. The maximum Gasteiger partial charge on any atom is 0.342 e. The minimum Gasteiger partial charge on any atom is -0.507 e. The molecule has 1 aliphatic rings. The third kappa shape index (κ3) is 5.05. The van der Waals surface area contributed by atoms with Gasteiger partial charge in [-0.05, 0) is 41.8 Å². The lowest BCUT2D eigenvalue weighted by Gasteiger charge is -2.17. The van der Waals surface area contributed by atoms with Crippen molar-refractivity contribution in [1.29, 1.82) is 0 Å². The van der Waals surface area contributed by atoms with Crippen molar-refractivity contribution >= 4 is 27.6 Å². The second kappa shape index (κ2) is 9.43. The minimum absolute atomic E-state index is 0.0651. The molecule has 0 radical (unpaired) electrons. The molecule has 0 aromatic heterocycles. The molecule has 1 aliphatic heterocycles. The van der Waals surface area contributed by atoms with E-state index in [9.17, 15) is 23.1 Å². The first-order valence-corrected chi connectivity index (χ1v) is 11.8. The standard InChI is InChI=1S/C24H22N2O6S/c27-22-11-10-19(33(30,31)25-15-17-6-2-1-3-7-17)14-20(22)24(29)32-16-23(28)26-13-12-18-8-4-5-9-21(18)26/h1-11,14,25,27H,12-13,15-16H2. The molecule has 0 aliphatic carbocycles. The van der Waals surface area contributed by atoms with Gasteiger partial charge in [0.25, 0.3) is 5.91 Å². The van der Waals surface area contributed by atoms with E-state index in [1.807, 2.05) is 30.3 Å². The SMILES string of the molecule is O=C(OCC(=O)N1CCc2ccccc21)c1cc(S(=O)(=O)NCc2ccccc2)ccc1O. The van der Waals surface area contributed by atoms with Crippen LogP contribution in [0, 0.1) is 0 Å². The van der Waals surface area contributed by atoms with Crippen LogP contribution in [0.25, 0.3) is 0 Å². The Kier molecular flexibility index (Phi) is 6.43. The molecule has 3 aromatic carbocycles. The molecule has 8 nitrogen and oxygen atoms in total. The van der Waals surface area contributed by atoms with Gasteiger partial charge in [0.1, 0.15) is 11.3 Å². The Hall–Kier alpha value is -3.69. The second-order valence-corrected chi connectivity index (χ2v) is 9.26. The number of hydrogen-bond acceptors (Lipinski definition) is 6. The van der Waals surface area contributed by atoms with Crippen molar-refractivity contribution in [2.24, 2.45) is 0 Å². The number of nitrogens with one attached hydrogen (secondary N) is 1. The molecule has 0 fully saturated rings. The summed E-state index contributed by atoms with van der Waals surface area (Å²) in [6.07, 6.45) is 0.715. The lowest BCUT2D eigenvalue weighted by molar-refractivity contribution is -0.121. The number of phenolic OH excluding ortho intramolecular Hbond substituents is 1. The number of hydrogen-bond donors (Lipinski definition) is 2. The zero-order valence-electron chi connectivity index (χ0n) is 17.6. The number of sulfonamides is 1. The van der Waals surface area contributed by atoms with Crippen LogP contribution in [-0.4, -0.2) is 38.6 Å². The quantitative estimate of drug-likeness (QED) is 0.518. The normalized spacial score (nSPS) is 12.9. The van der Waals surface area contributed by atoms with Crippen LogP contribution in [0.1, 0.15) is 21.5 Å². The average Bonchev–Trinajstić information content (AvgIpc) is 3.26. The van der Waals surface area contributed by atoms with Gasteiger partial charge >= 0.3 is 5.97 Å². The first-order chi connectivity index (χ1) is 15.8. The molecule has 9 heteroatoms. The number of anilines is 1. The average molecular weight is 467 g/mol. The van der Waals surface area contributed by atoms with E-state index in [1.165, 1.54) is 11.0 Å². The van der Waals surface area contributed by atoms with Crippen LogP contribution in [0.15, 0.2) is 77.7 Å². The van der Waals surface area contributed by atoms with E-state index in [-0.39, 0.29) is 17.0 Å². The highest BCUT2D eigenvalue weighted by molar-refractivity contribution is 7.89. The highest BCUT2D eigenvalue weighted by Gasteiger charge is 2.26. The summed E-state index contributed by atoms with van der Waals surface area (Å²) in [5.41, 5.74) is 2.24. The summed E-state index contributed by atoms with van der Waals surface area (Å²) < 4.78 is 32.8. The van der Waals surface area contributed by atoms with Crippen molar-refractivity contribution in [3.8, 4) is 5.75 Å². The fourth-order valence-corrected chi connectivity index (χ4v) is 4.63. The van der Waals surface area contributed by atoms with Gasteiger partial charge in [-0.15, -0.1) is 0 Å². The Morgan fingerprint density at radius 3 is 2.52 bits per heavy atom. The molecule has 33 heavy (non-hydrogen) atoms. The molecule has 2 N–H and O–H groups in total. The summed E-state index contributed by atoms with van der Waals surface area (Å²) in [7, 11) is -3.95. The number of nitrogens with zero attached hydrogens (tertiary/aromatic N) is 1. The van der Waals surface area contributed by atoms with E-state index in [0.717, 1.165) is 28.9 Å². The molecule has 0 saturated carbocycles. The van der Waals surface area contributed by atoms with Crippen LogP contribution in [-0.2, 0) is 32.5 Å². The molecular weight excluding hydrogens is 444 g/mol. The van der Waals surface area contributed by atoms with Gasteiger partial charge in [0, 0.05) is 18.8 Å². The lowest BCUT2D eigenvalue weighted by atomic mass is 10.2. The van der Waals surface area contributed by atoms with E-state index in [0.29, 0.717) is 13.0 Å². The predicted molar refractivity (Wildman–Crippen MR) is 121 cm³/mol. The van der Waals surface area contributed by atoms with E-state index in [1.54, 1.807) is 24.3 Å². The van der Waals surface area contributed by atoms with Gasteiger partial charge in [0.05, 0.1) is 4.90 Å². The van der Waals surface area contributed by atoms with Crippen molar-refractivity contribution in [2.75, 3.05) is 18.1 Å². The van der Waals surface area contributed by atoms with Crippen LogP contribution in [0.5, 0.6) is 5.75 Å². The lowest BCUT2D eigenvalue weighted by Crippen LogP contribution is -2.33. The molecule has 1 amide bonds. The molecule has 3 aromatic rings. The van der Waals surface area contributed by atoms with E-state index in [2.05, 4.69) is 4.72 Å². The van der Waals surface area contributed by atoms with Crippen LogP contribution >= 0.6 is 0 Å². The van der Waals surface area contributed by atoms with Gasteiger partial charge < -0.3 is 14.7 Å². The Bertz CT molecular complexity index is 1290. The molecule has 0 atom stereocenters. The zero-order valence-corrected chi connectivity index (χ0v) is 18.4. The van der Waals surface area contributed by atoms with Gasteiger partial charge in [-0.25, -0.2) is 17.9 Å². The van der Waals surface area contributed by atoms with Crippen molar-refractivity contribution in [2.45, 2.75) is 17.9 Å². The second-order valence-electron chi connectivity index (χ2n) is 7.49. The molecule has 4 rings (SSSR count). The number of fused-ring (bicyclic) bond motifs is 1. The third-order valence-electron chi connectivity index (χ3n) is 5.32. The van der Waals surface area contributed by atoms with E-state index in [4.69, 9.17) is 4.74 Å². The van der Waals surface area contributed by atoms with Crippen molar-refractivity contribution in [3.05, 3.63) is 89.5 Å². The highest BCUT2D eigenvalue weighted by atomic mass is 32.2. The smallest absolute Gasteiger partial charge is 0.342 e. The first-order valence-electron chi connectivity index (χ1n) is 10.3. The summed E-state index contributed by atoms with van der Waals surface area (Å²) in [6.45, 7) is 0.0211.